The number of hydrogen-bond acceptors (Lipinski definition) is 3. The van der Waals surface area contributed by atoms with Gasteiger partial charge in [-0.1, -0.05) is 37.3 Å². The molecule has 2 aliphatic rings. The Hall–Kier alpha value is -2.30. The Bertz CT molecular complexity index is 639. The van der Waals surface area contributed by atoms with E-state index in [1.165, 1.54) is 0 Å². The molecule has 5 nitrogen and oxygen atoms in total. The summed E-state index contributed by atoms with van der Waals surface area (Å²) >= 11 is 0. The second kappa shape index (κ2) is 6.44. The lowest BCUT2D eigenvalue weighted by atomic mass is 9.95. The molecule has 0 unspecified atom stereocenters. The van der Waals surface area contributed by atoms with Gasteiger partial charge in [0.15, 0.2) is 0 Å². The van der Waals surface area contributed by atoms with Crippen molar-refractivity contribution in [3.05, 3.63) is 47.2 Å². The summed E-state index contributed by atoms with van der Waals surface area (Å²) in [4.78, 5) is 24.5. The third-order valence-electron chi connectivity index (χ3n) is 4.66. The molecule has 0 saturated heterocycles. The fourth-order valence-corrected chi connectivity index (χ4v) is 3.35. The molecule has 1 saturated carbocycles. The zero-order valence-corrected chi connectivity index (χ0v) is 13.5. The number of esters is 1. The lowest BCUT2D eigenvalue weighted by Crippen LogP contribution is -2.45. The number of carbonyl (C=O) groups is 2. The van der Waals surface area contributed by atoms with Gasteiger partial charge in [-0.25, -0.2) is 9.59 Å². The van der Waals surface area contributed by atoms with Crippen molar-refractivity contribution in [2.24, 2.45) is 5.92 Å². The third-order valence-corrected chi connectivity index (χ3v) is 4.66. The Kier molecular flexibility index (Phi) is 4.37. The van der Waals surface area contributed by atoms with Gasteiger partial charge in [-0.15, -0.1) is 0 Å². The van der Waals surface area contributed by atoms with Gasteiger partial charge >= 0.3 is 12.0 Å². The first-order valence-electron chi connectivity index (χ1n) is 8.10. The average molecular weight is 314 g/mol. The molecule has 3 atom stereocenters. The molecule has 5 heteroatoms. The Morgan fingerprint density at radius 1 is 1.22 bits per heavy atom. The predicted molar refractivity (Wildman–Crippen MR) is 86.4 cm³/mol. The first-order chi connectivity index (χ1) is 11.1. The molecule has 0 radical (unpaired) electrons. The van der Waals surface area contributed by atoms with Crippen LogP contribution in [0.3, 0.4) is 0 Å². The number of hydrogen-bond donors (Lipinski definition) is 2. The number of allylic oxidation sites excluding steroid dienone is 1. The molecule has 1 aromatic rings. The van der Waals surface area contributed by atoms with Gasteiger partial charge in [-0.05, 0) is 37.7 Å². The molecule has 1 fully saturated rings. The van der Waals surface area contributed by atoms with Crippen LogP contribution in [0.4, 0.5) is 4.79 Å². The number of amides is 2. The van der Waals surface area contributed by atoms with E-state index < -0.39 is 6.04 Å². The van der Waals surface area contributed by atoms with E-state index in [0.717, 1.165) is 24.8 Å². The molecule has 2 amide bonds. The monoisotopic (exact) mass is 314 g/mol. The first kappa shape index (κ1) is 15.6. The van der Waals surface area contributed by atoms with Crippen molar-refractivity contribution in [2.45, 2.75) is 45.3 Å². The van der Waals surface area contributed by atoms with E-state index >= 15 is 0 Å². The third kappa shape index (κ3) is 3.23. The minimum atomic E-state index is -0.478. The lowest BCUT2D eigenvalue weighted by molar-refractivity contribution is -0.146. The maximum absolute atomic E-state index is 12.7. The maximum Gasteiger partial charge on any atom is 0.338 e. The summed E-state index contributed by atoms with van der Waals surface area (Å²) < 4.78 is 5.73. The summed E-state index contributed by atoms with van der Waals surface area (Å²) in [5.74, 6) is 0.0452. The van der Waals surface area contributed by atoms with Crippen molar-refractivity contribution in [2.75, 3.05) is 0 Å². The predicted octanol–water partition coefficient (Wildman–Crippen LogP) is 3.05. The molecule has 3 rings (SSSR count). The minimum absolute atomic E-state index is 0.0307. The minimum Gasteiger partial charge on any atom is -0.459 e. The highest BCUT2D eigenvalue weighted by Gasteiger charge is 2.35. The van der Waals surface area contributed by atoms with Gasteiger partial charge in [0.25, 0.3) is 0 Å². The Morgan fingerprint density at radius 3 is 2.61 bits per heavy atom. The van der Waals surface area contributed by atoms with Gasteiger partial charge in [-0.3, -0.25) is 0 Å². The van der Waals surface area contributed by atoms with Crippen molar-refractivity contribution in [3.8, 4) is 0 Å². The van der Waals surface area contributed by atoms with Gasteiger partial charge in [0.05, 0.1) is 11.6 Å². The van der Waals surface area contributed by atoms with Crippen molar-refractivity contribution in [1.82, 2.24) is 10.6 Å². The van der Waals surface area contributed by atoms with Crippen LogP contribution in [-0.2, 0) is 9.53 Å². The largest absolute Gasteiger partial charge is 0.459 e. The van der Waals surface area contributed by atoms with Crippen molar-refractivity contribution in [3.63, 3.8) is 0 Å². The molecule has 1 aromatic carbocycles. The summed E-state index contributed by atoms with van der Waals surface area (Å²) in [6, 6.07) is 8.70. The van der Waals surface area contributed by atoms with Crippen LogP contribution in [-0.4, -0.2) is 18.1 Å². The van der Waals surface area contributed by atoms with E-state index in [4.69, 9.17) is 4.74 Å². The molecule has 122 valence electrons. The van der Waals surface area contributed by atoms with Crippen molar-refractivity contribution < 1.29 is 14.3 Å². The quantitative estimate of drug-likeness (QED) is 0.843. The van der Waals surface area contributed by atoms with Gasteiger partial charge in [0.2, 0.25) is 0 Å². The van der Waals surface area contributed by atoms with Gasteiger partial charge < -0.3 is 15.4 Å². The second-order valence-corrected chi connectivity index (χ2v) is 6.33. The van der Waals surface area contributed by atoms with Crippen LogP contribution in [0.15, 0.2) is 41.6 Å². The van der Waals surface area contributed by atoms with Crippen LogP contribution in [0, 0.1) is 5.92 Å². The van der Waals surface area contributed by atoms with Crippen LogP contribution in [0.5, 0.6) is 0 Å². The van der Waals surface area contributed by atoms with Crippen LogP contribution in [0.1, 0.15) is 44.7 Å². The second-order valence-electron chi connectivity index (χ2n) is 6.33. The molecule has 1 aliphatic carbocycles. The van der Waals surface area contributed by atoms with Crippen LogP contribution < -0.4 is 10.6 Å². The normalized spacial score (nSPS) is 27.4. The van der Waals surface area contributed by atoms with E-state index in [0.29, 0.717) is 17.2 Å². The Balaban J connectivity index is 1.87. The summed E-state index contributed by atoms with van der Waals surface area (Å²) in [7, 11) is 0. The summed E-state index contributed by atoms with van der Waals surface area (Å²) in [5, 5.41) is 5.50. The van der Waals surface area contributed by atoms with E-state index in [1.807, 2.05) is 30.3 Å². The molecule has 1 heterocycles. The van der Waals surface area contributed by atoms with Crippen molar-refractivity contribution in [1.29, 1.82) is 0 Å². The molecule has 1 aliphatic heterocycles. The number of urea groups is 1. The highest BCUT2D eigenvalue weighted by molar-refractivity contribution is 5.95. The van der Waals surface area contributed by atoms with Gasteiger partial charge in [0, 0.05) is 5.70 Å². The number of ether oxygens (including phenoxy) is 1. The lowest BCUT2D eigenvalue weighted by Gasteiger charge is -2.29. The van der Waals surface area contributed by atoms with Crippen LogP contribution >= 0.6 is 0 Å². The summed E-state index contributed by atoms with van der Waals surface area (Å²) in [5.41, 5.74) is 1.90. The first-order valence-corrected chi connectivity index (χ1v) is 8.10. The molecule has 23 heavy (non-hydrogen) atoms. The molecule has 0 aromatic heterocycles. The van der Waals surface area contributed by atoms with E-state index in [-0.39, 0.29) is 18.1 Å². The summed E-state index contributed by atoms with van der Waals surface area (Å²) in [6.07, 6.45) is 3.06. The van der Waals surface area contributed by atoms with Crippen LogP contribution in [0.2, 0.25) is 0 Å². The number of benzene rings is 1. The highest BCUT2D eigenvalue weighted by Crippen LogP contribution is 2.32. The molecule has 0 bridgehead atoms. The summed E-state index contributed by atoms with van der Waals surface area (Å²) in [6.45, 7) is 3.85. The Morgan fingerprint density at radius 2 is 1.96 bits per heavy atom. The van der Waals surface area contributed by atoms with E-state index in [1.54, 1.807) is 6.92 Å². The SMILES string of the molecule is CC1=C(C(=O)O[C@H]2CCC[C@H]2C)[C@@H](c2ccccc2)NC(=O)N1. The molecular formula is C18H22N2O3. The highest BCUT2D eigenvalue weighted by atomic mass is 16.5. The van der Waals surface area contributed by atoms with E-state index in [9.17, 15) is 9.59 Å². The number of rotatable bonds is 3. The Labute approximate surface area is 136 Å². The fourth-order valence-electron chi connectivity index (χ4n) is 3.35. The topological polar surface area (TPSA) is 67.4 Å². The van der Waals surface area contributed by atoms with Gasteiger partial charge in [0.1, 0.15) is 6.10 Å². The van der Waals surface area contributed by atoms with E-state index in [2.05, 4.69) is 17.6 Å². The van der Waals surface area contributed by atoms with Gasteiger partial charge in [-0.2, -0.15) is 0 Å². The standard InChI is InChI=1S/C18H22N2O3/c1-11-7-6-10-14(11)23-17(21)15-12(2)19-18(22)20-16(15)13-8-4-3-5-9-13/h3-5,8-9,11,14,16H,6-7,10H2,1-2H3,(H2,19,20,22)/t11-,14+,16-/m1/s1. The molecule has 2 N–H and O–H groups in total. The smallest absolute Gasteiger partial charge is 0.338 e. The van der Waals surface area contributed by atoms with Crippen molar-refractivity contribution >= 4 is 12.0 Å². The number of nitrogens with one attached hydrogen (secondary N) is 2. The zero-order chi connectivity index (χ0) is 16.4. The fraction of sp³-hybridized carbons (Fsp3) is 0.444. The zero-order valence-electron chi connectivity index (χ0n) is 13.5. The maximum atomic E-state index is 12.7. The average Bonchev–Trinajstić information content (AvgIpc) is 2.92. The molecular weight excluding hydrogens is 292 g/mol. The molecule has 0 spiro atoms. The van der Waals surface area contributed by atoms with Crippen LogP contribution in [0.25, 0.3) is 0 Å². The number of carbonyl (C=O) groups excluding carboxylic acids is 2.